The predicted octanol–water partition coefficient (Wildman–Crippen LogP) is 4.35. The maximum atomic E-state index is 13.1. The van der Waals surface area contributed by atoms with Gasteiger partial charge in [0.25, 0.3) is 0 Å². The standard InChI is InChI=1S/C25H28N2O3/c1-26(2)22-9-5-17(6-10-22)13-19-15-21(25(29)30)16-20(24(19)28)14-18-7-11-23(12-8-18)27(3)4/h5-14,21H,15-16H2,1-4H3,(H,29,30). The van der Waals surface area contributed by atoms with E-state index in [-0.39, 0.29) is 18.6 Å². The Labute approximate surface area is 177 Å². The summed E-state index contributed by atoms with van der Waals surface area (Å²) in [4.78, 5) is 28.8. The van der Waals surface area contributed by atoms with Crippen LogP contribution >= 0.6 is 0 Å². The third-order valence-electron chi connectivity index (χ3n) is 5.37. The number of rotatable bonds is 5. The number of benzene rings is 2. The first-order valence-corrected chi connectivity index (χ1v) is 9.98. The molecule has 0 saturated heterocycles. The number of hydrogen-bond donors (Lipinski definition) is 1. The molecule has 2 aromatic rings. The van der Waals surface area contributed by atoms with Crippen LogP contribution in [-0.2, 0) is 9.59 Å². The van der Waals surface area contributed by atoms with Gasteiger partial charge in [0.2, 0.25) is 0 Å². The number of carbonyl (C=O) groups excluding carboxylic acids is 1. The summed E-state index contributed by atoms with van der Waals surface area (Å²) in [5.41, 5.74) is 5.01. The van der Waals surface area contributed by atoms with Crippen LogP contribution < -0.4 is 9.80 Å². The summed E-state index contributed by atoms with van der Waals surface area (Å²) in [6, 6.07) is 15.7. The van der Waals surface area contributed by atoms with Crippen LogP contribution in [0.25, 0.3) is 12.2 Å². The van der Waals surface area contributed by atoms with Crippen molar-refractivity contribution in [1.29, 1.82) is 0 Å². The molecule has 156 valence electrons. The van der Waals surface area contributed by atoms with E-state index in [1.165, 1.54) is 0 Å². The zero-order valence-electron chi connectivity index (χ0n) is 17.9. The van der Waals surface area contributed by atoms with Crippen LogP contribution in [-0.4, -0.2) is 45.0 Å². The number of hydrogen-bond acceptors (Lipinski definition) is 4. The van der Waals surface area contributed by atoms with E-state index in [9.17, 15) is 14.7 Å². The first kappa shape index (κ1) is 21.4. The Bertz CT molecular complexity index is 911. The molecule has 3 rings (SSSR count). The molecule has 0 aliphatic heterocycles. The number of ketones is 1. The number of carboxylic acids is 1. The summed E-state index contributed by atoms with van der Waals surface area (Å²) in [5.74, 6) is -1.53. The summed E-state index contributed by atoms with van der Waals surface area (Å²) in [5, 5.41) is 9.61. The molecule has 0 spiro atoms. The largest absolute Gasteiger partial charge is 0.481 e. The Hall–Kier alpha value is -3.34. The summed E-state index contributed by atoms with van der Waals surface area (Å²) in [6.07, 6.45) is 4.14. The van der Waals surface area contributed by atoms with Gasteiger partial charge in [0.15, 0.2) is 5.78 Å². The van der Waals surface area contributed by atoms with Crippen molar-refractivity contribution >= 4 is 35.3 Å². The van der Waals surface area contributed by atoms with Gasteiger partial charge in [0.1, 0.15) is 0 Å². The Balaban J connectivity index is 1.92. The Morgan fingerprint density at radius 2 is 1.17 bits per heavy atom. The highest BCUT2D eigenvalue weighted by atomic mass is 16.4. The van der Waals surface area contributed by atoms with Gasteiger partial charge in [-0.15, -0.1) is 0 Å². The van der Waals surface area contributed by atoms with Crippen LogP contribution in [0.3, 0.4) is 0 Å². The van der Waals surface area contributed by atoms with Crippen molar-refractivity contribution in [2.24, 2.45) is 5.92 Å². The van der Waals surface area contributed by atoms with Crippen LogP contribution in [0.1, 0.15) is 24.0 Å². The highest BCUT2D eigenvalue weighted by Gasteiger charge is 2.31. The fraction of sp³-hybridized carbons (Fsp3) is 0.280. The van der Waals surface area contributed by atoms with Crippen LogP contribution in [0.4, 0.5) is 11.4 Å². The van der Waals surface area contributed by atoms with Gasteiger partial charge in [-0.25, -0.2) is 0 Å². The van der Waals surface area contributed by atoms with E-state index < -0.39 is 11.9 Å². The van der Waals surface area contributed by atoms with Gasteiger partial charge in [-0.2, -0.15) is 0 Å². The van der Waals surface area contributed by atoms with Crippen molar-refractivity contribution in [3.05, 3.63) is 70.8 Å². The monoisotopic (exact) mass is 404 g/mol. The summed E-state index contributed by atoms with van der Waals surface area (Å²) >= 11 is 0. The van der Waals surface area contributed by atoms with Gasteiger partial charge in [-0.1, -0.05) is 24.3 Å². The van der Waals surface area contributed by atoms with Crippen molar-refractivity contribution in [3.8, 4) is 0 Å². The summed E-state index contributed by atoms with van der Waals surface area (Å²) in [7, 11) is 7.88. The molecule has 1 fully saturated rings. The normalized spacial score (nSPS) is 19.2. The van der Waals surface area contributed by atoms with E-state index in [0.717, 1.165) is 22.5 Å². The molecule has 0 aromatic heterocycles. The lowest BCUT2D eigenvalue weighted by atomic mass is 9.80. The number of Topliss-reactive ketones (excluding diaryl/α,β-unsaturated/α-hetero) is 1. The lowest BCUT2D eigenvalue weighted by Gasteiger charge is -2.23. The predicted molar refractivity (Wildman–Crippen MR) is 123 cm³/mol. The second-order valence-electron chi connectivity index (χ2n) is 8.08. The number of allylic oxidation sites excluding steroid dienone is 2. The van der Waals surface area contributed by atoms with Gasteiger partial charge < -0.3 is 14.9 Å². The number of carboxylic acid groups (broad SMARTS) is 1. The molecule has 1 saturated carbocycles. The second kappa shape index (κ2) is 8.99. The minimum absolute atomic E-state index is 0.0686. The average Bonchev–Trinajstić information content (AvgIpc) is 2.71. The second-order valence-corrected chi connectivity index (χ2v) is 8.08. The van der Waals surface area contributed by atoms with Crippen molar-refractivity contribution < 1.29 is 14.7 Å². The minimum atomic E-state index is -0.870. The Kier molecular flexibility index (Phi) is 6.40. The van der Waals surface area contributed by atoms with Crippen LogP contribution in [0.5, 0.6) is 0 Å². The molecule has 1 aliphatic carbocycles. The molecule has 1 aliphatic rings. The lowest BCUT2D eigenvalue weighted by Crippen LogP contribution is -2.25. The van der Waals surface area contributed by atoms with Crippen molar-refractivity contribution in [2.75, 3.05) is 38.0 Å². The van der Waals surface area contributed by atoms with E-state index in [4.69, 9.17) is 0 Å². The minimum Gasteiger partial charge on any atom is -0.481 e. The van der Waals surface area contributed by atoms with Crippen LogP contribution in [0, 0.1) is 5.92 Å². The molecule has 0 atom stereocenters. The van der Waals surface area contributed by atoms with Crippen LogP contribution in [0.15, 0.2) is 59.7 Å². The van der Waals surface area contributed by atoms with Gasteiger partial charge in [-0.3, -0.25) is 9.59 Å². The van der Waals surface area contributed by atoms with Gasteiger partial charge in [-0.05, 0) is 60.4 Å². The molecule has 2 aromatic carbocycles. The zero-order valence-corrected chi connectivity index (χ0v) is 17.9. The fourth-order valence-electron chi connectivity index (χ4n) is 3.56. The highest BCUT2D eigenvalue weighted by Crippen LogP contribution is 2.33. The van der Waals surface area contributed by atoms with Crippen molar-refractivity contribution in [3.63, 3.8) is 0 Å². The quantitative estimate of drug-likeness (QED) is 0.751. The number of nitrogens with zero attached hydrogens (tertiary/aromatic N) is 2. The highest BCUT2D eigenvalue weighted by molar-refractivity contribution is 6.14. The van der Waals surface area contributed by atoms with Gasteiger partial charge in [0, 0.05) is 50.7 Å². The van der Waals surface area contributed by atoms with Crippen molar-refractivity contribution in [1.82, 2.24) is 0 Å². The van der Waals surface area contributed by atoms with Crippen LogP contribution in [0.2, 0.25) is 0 Å². The van der Waals surface area contributed by atoms with E-state index in [1.54, 1.807) is 0 Å². The van der Waals surface area contributed by atoms with E-state index >= 15 is 0 Å². The SMILES string of the molecule is CN(C)c1ccc(C=C2CC(C(=O)O)CC(=Cc3ccc(N(C)C)cc3)C2=O)cc1. The Morgan fingerprint density at radius 1 is 0.800 bits per heavy atom. The first-order chi connectivity index (χ1) is 14.2. The Morgan fingerprint density at radius 3 is 1.47 bits per heavy atom. The molecule has 1 N–H and O–H groups in total. The zero-order chi connectivity index (χ0) is 21.8. The molecule has 0 heterocycles. The maximum Gasteiger partial charge on any atom is 0.307 e. The molecular weight excluding hydrogens is 376 g/mol. The number of carbonyl (C=O) groups is 2. The fourth-order valence-corrected chi connectivity index (χ4v) is 3.56. The maximum absolute atomic E-state index is 13.1. The van der Waals surface area contributed by atoms with Crippen molar-refractivity contribution in [2.45, 2.75) is 12.8 Å². The lowest BCUT2D eigenvalue weighted by molar-refractivity contribution is -0.142. The molecular formula is C25H28N2O3. The van der Waals surface area contributed by atoms with Gasteiger partial charge in [0.05, 0.1) is 5.92 Å². The average molecular weight is 405 g/mol. The third kappa shape index (κ3) is 4.98. The first-order valence-electron chi connectivity index (χ1n) is 9.98. The summed E-state index contributed by atoms with van der Waals surface area (Å²) < 4.78 is 0. The molecule has 30 heavy (non-hydrogen) atoms. The molecule has 0 unspecified atom stereocenters. The molecule has 0 amide bonds. The third-order valence-corrected chi connectivity index (χ3v) is 5.37. The summed E-state index contributed by atoms with van der Waals surface area (Å²) in [6.45, 7) is 0. The number of aliphatic carboxylic acids is 1. The molecule has 0 radical (unpaired) electrons. The van der Waals surface area contributed by atoms with Gasteiger partial charge >= 0.3 is 5.97 Å². The van der Waals surface area contributed by atoms with E-state index in [1.807, 2.05) is 98.7 Å². The molecule has 5 heteroatoms. The smallest absolute Gasteiger partial charge is 0.307 e. The van der Waals surface area contributed by atoms with E-state index in [0.29, 0.717) is 11.1 Å². The van der Waals surface area contributed by atoms with E-state index in [2.05, 4.69) is 0 Å². The molecule has 5 nitrogen and oxygen atoms in total. The topological polar surface area (TPSA) is 60.9 Å². The molecule has 0 bridgehead atoms. The number of anilines is 2.